The van der Waals surface area contributed by atoms with Gasteiger partial charge in [-0.05, 0) is 64.2 Å². The van der Waals surface area contributed by atoms with Crippen molar-refractivity contribution in [3.63, 3.8) is 0 Å². The standard InChI is InChI=1S/C39H68NO9P/c1-3-5-7-9-11-13-15-17-18-20-22-24-26-28-30-32-46-33-36(34-47-50(44,45)48-35-37(40)39(42)43)49-38(41)31-29-27-25-23-21-19-16-14-12-10-8-6-4-2/h6,8,12,14-15,17,19,21,25,27,36-37H,3-5,7,9-11,13,16,18,20,22-24,26,28-35,40H2,1-2H3,(H,42,43)(H,44,45)/b8-6-,14-12-,17-15-,21-19-,27-25-. The van der Waals surface area contributed by atoms with Crippen molar-refractivity contribution >= 4 is 19.8 Å². The number of phosphoric ester groups is 1. The van der Waals surface area contributed by atoms with Crippen molar-refractivity contribution in [3.8, 4) is 0 Å². The van der Waals surface area contributed by atoms with Crippen molar-refractivity contribution in [2.45, 2.75) is 148 Å². The number of rotatable bonds is 35. The lowest BCUT2D eigenvalue weighted by Crippen LogP contribution is -2.34. The minimum atomic E-state index is -4.63. The maximum atomic E-state index is 12.5. The van der Waals surface area contributed by atoms with Crippen molar-refractivity contribution in [3.05, 3.63) is 60.8 Å². The number of carbonyl (C=O) groups excluding carboxylic acids is 1. The topological polar surface area (TPSA) is 155 Å². The smallest absolute Gasteiger partial charge is 0.472 e. The van der Waals surface area contributed by atoms with E-state index in [1.54, 1.807) is 0 Å². The second-order valence-corrected chi connectivity index (χ2v) is 13.8. The molecule has 3 atom stereocenters. The third-order valence-electron chi connectivity index (χ3n) is 7.54. The van der Waals surface area contributed by atoms with Gasteiger partial charge >= 0.3 is 19.8 Å². The van der Waals surface area contributed by atoms with Gasteiger partial charge in [0.05, 0.1) is 19.8 Å². The van der Waals surface area contributed by atoms with Crippen LogP contribution in [-0.4, -0.2) is 60.5 Å². The SMILES string of the molecule is CC/C=C\C/C=C\C/C=C\C/C=C\CCC(=O)OC(COCCCCCCCC/C=C\CCCCCCC)COP(=O)(O)OCC(N)C(=O)O. The first-order valence-corrected chi connectivity index (χ1v) is 20.3. The van der Waals surface area contributed by atoms with Crippen LogP contribution in [0.2, 0.25) is 0 Å². The number of allylic oxidation sites excluding steroid dienone is 10. The molecule has 3 unspecified atom stereocenters. The molecule has 0 saturated carbocycles. The van der Waals surface area contributed by atoms with Gasteiger partial charge in [-0.1, -0.05) is 126 Å². The fourth-order valence-electron chi connectivity index (χ4n) is 4.61. The van der Waals surface area contributed by atoms with Gasteiger partial charge < -0.3 is 25.2 Å². The van der Waals surface area contributed by atoms with Crippen LogP contribution in [0.15, 0.2) is 60.8 Å². The van der Waals surface area contributed by atoms with Crippen LogP contribution in [0.4, 0.5) is 0 Å². The van der Waals surface area contributed by atoms with E-state index in [0.29, 0.717) is 13.0 Å². The van der Waals surface area contributed by atoms with Crippen molar-refractivity contribution in [2.24, 2.45) is 5.73 Å². The molecular formula is C39H68NO9P. The van der Waals surface area contributed by atoms with Crippen molar-refractivity contribution in [1.82, 2.24) is 0 Å². The number of hydrogen-bond donors (Lipinski definition) is 3. The number of aliphatic carboxylic acids is 1. The van der Waals surface area contributed by atoms with Gasteiger partial charge in [-0.25, -0.2) is 4.57 Å². The highest BCUT2D eigenvalue weighted by atomic mass is 31.2. The summed E-state index contributed by atoms with van der Waals surface area (Å²) < 4.78 is 33.1. The van der Waals surface area contributed by atoms with E-state index in [9.17, 15) is 19.0 Å². The van der Waals surface area contributed by atoms with Gasteiger partial charge in [0.2, 0.25) is 0 Å². The van der Waals surface area contributed by atoms with Gasteiger partial charge in [0.25, 0.3) is 0 Å². The lowest BCUT2D eigenvalue weighted by atomic mass is 10.1. The van der Waals surface area contributed by atoms with Crippen LogP contribution < -0.4 is 5.73 Å². The number of ether oxygens (including phenoxy) is 2. The molecule has 10 nitrogen and oxygen atoms in total. The zero-order chi connectivity index (χ0) is 37.0. The van der Waals surface area contributed by atoms with Gasteiger partial charge in [-0.15, -0.1) is 0 Å². The average molecular weight is 726 g/mol. The van der Waals surface area contributed by atoms with Crippen molar-refractivity contribution in [2.75, 3.05) is 26.4 Å². The summed E-state index contributed by atoms with van der Waals surface area (Å²) in [7, 11) is -4.63. The summed E-state index contributed by atoms with van der Waals surface area (Å²) in [5.74, 6) is -1.87. The highest BCUT2D eigenvalue weighted by molar-refractivity contribution is 7.47. The van der Waals surface area contributed by atoms with Gasteiger partial charge in [0, 0.05) is 13.0 Å². The Morgan fingerprint density at radius 3 is 1.74 bits per heavy atom. The van der Waals surface area contributed by atoms with E-state index in [0.717, 1.165) is 51.4 Å². The van der Waals surface area contributed by atoms with Gasteiger partial charge in [0.15, 0.2) is 0 Å². The molecule has 50 heavy (non-hydrogen) atoms. The Kier molecular flexibility index (Phi) is 33.5. The van der Waals surface area contributed by atoms with Gasteiger partial charge in [-0.2, -0.15) is 0 Å². The summed E-state index contributed by atoms with van der Waals surface area (Å²) in [6, 6.07) is -1.49. The van der Waals surface area contributed by atoms with Crippen LogP contribution in [0.3, 0.4) is 0 Å². The minimum absolute atomic E-state index is 0.0186. The molecule has 0 saturated heterocycles. The van der Waals surface area contributed by atoms with E-state index in [2.05, 4.69) is 67.0 Å². The molecule has 0 aromatic rings. The predicted octanol–water partition coefficient (Wildman–Crippen LogP) is 9.69. The van der Waals surface area contributed by atoms with Crippen molar-refractivity contribution in [1.29, 1.82) is 0 Å². The van der Waals surface area contributed by atoms with Crippen LogP contribution in [0.25, 0.3) is 0 Å². The first-order chi connectivity index (χ1) is 24.2. The number of carbonyl (C=O) groups is 2. The molecule has 0 aromatic heterocycles. The molecule has 0 aliphatic carbocycles. The highest BCUT2D eigenvalue weighted by Gasteiger charge is 2.27. The molecule has 4 N–H and O–H groups in total. The minimum Gasteiger partial charge on any atom is -0.480 e. The maximum absolute atomic E-state index is 12.5. The van der Waals surface area contributed by atoms with E-state index in [1.165, 1.54) is 57.8 Å². The fourth-order valence-corrected chi connectivity index (χ4v) is 5.39. The molecule has 0 bridgehead atoms. The number of carboxylic acid groups (broad SMARTS) is 1. The Labute approximate surface area is 302 Å². The highest BCUT2D eigenvalue weighted by Crippen LogP contribution is 2.43. The molecule has 0 aliphatic heterocycles. The number of nitrogens with two attached hydrogens (primary N) is 1. The second kappa shape index (κ2) is 35.1. The van der Waals surface area contributed by atoms with E-state index in [1.807, 2.05) is 12.2 Å². The number of phosphoric acid groups is 1. The Balaban J connectivity index is 4.43. The summed E-state index contributed by atoms with van der Waals surface area (Å²) >= 11 is 0. The molecule has 0 radical (unpaired) electrons. The summed E-state index contributed by atoms with van der Waals surface area (Å²) in [4.78, 5) is 33.3. The molecule has 0 fully saturated rings. The zero-order valence-corrected chi connectivity index (χ0v) is 31.9. The van der Waals surface area contributed by atoms with Crippen LogP contribution in [0.1, 0.15) is 136 Å². The summed E-state index contributed by atoms with van der Waals surface area (Å²) in [6.45, 7) is 3.62. The maximum Gasteiger partial charge on any atom is 0.472 e. The number of unbranched alkanes of at least 4 members (excludes halogenated alkanes) is 11. The normalized spacial score (nSPS) is 14.8. The third-order valence-corrected chi connectivity index (χ3v) is 8.50. The zero-order valence-electron chi connectivity index (χ0n) is 31.0. The fraction of sp³-hybridized carbons (Fsp3) is 0.692. The van der Waals surface area contributed by atoms with E-state index < -0.39 is 45.1 Å². The molecule has 288 valence electrons. The van der Waals surface area contributed by atoms with Crippen LogP contribution >= 0.6 is 7.82 Å². The summed E-state index contributed by atoms with van der Waals surface area (Å²) in [5, 5.41) is 8.86. The molecule has 11 heteroatoms. The summed E-state index contributed by atoms with van der Waals surface area (Å²) in [5.41, 5.74) is 5.33. The largest absolute Gasteiger partial charge is 0.480 e. The van der Waals surface area contributed by atoms with Gasteiger partial charge in [0.1, 0.15) is 12.1 Å². The van der Waals surface area contributed by atoms with Crippen molar-refractivity contribution < 1.29 is 42.7 Å². The number of carboxylic acids is 1. The predicted molar refractivity (Wildman–Crippen MR) is 203 cm³/mol. The first-order valence-electron chi connectivity index (χ1n) is 18.8. The van der Waals surface area contributed by atoms with E-state index in [4.69, 9.17) is 24.8 Å². The molecule has 0 heterocycles. The third kappa shape index (κ3) is 34.1. The van der Waals surface area contributed by atoms with Gasteiger partial charge in [-0.3, -0.25) is 18.6 Å². The Morgan fingerprint density at radius 2 is 1.16 bits per heavy atom. The van der Waals surface area contributed by atoms with E-state index >= 15 is 0 Å². The second-order valence-electron chi connectivity index (χ2n) is 12.3. The average Bonchev–Trinajstić information content (AvgIpc) is 3.09. The molecule has 0 aromatic carbocycles. The monoisotopic (exact) mass is 725 g/mol. The van der Waals surface area contributed by atoms with Crippen LogP contribution in [0, 0.1) is 0 Å². The first kappa shape index (κ1) is 47.7. The summed E-state index contributed by atoms with van der Waals surface area (Å²) in [6.07, 6.45) is 40.1. The Morgan fingerprint density at radius 1 is 0.660 bits per heavy atom. The van der Waals surface area contributed by atoms with Crippen LogP contribution in [-0.2, 0) is 32.7 Å². The Hall–Kier alpha value is -2.33. The number of esters is 1. The molecule has 0 amide bonds. The lowest BCUT2D eigenvalue weighted by molar-refractivity contribution is -0.154. The lowest BCUT2D eigenvalue weighted by Gasteiger charge is -2.20. The van der Waals surface area contributed by atoms with E-state index in [-0.39, 0.29) is 13.0 Å². The molecular weight excluding hydrogens is 657 g/mol. The van der Waals surface area contributed by atoms with Crippen LogP contribution in [0.5, 0.6) is 0 Å². The molecule has 0 rings (SSSR count). The molecule has 0 aliphatic rings. The quantitative estimate of drug-likeness (QED) is 0.0249. The number of hydrogen-bond acceptors (Lipinski definition) is 8. The Bertz CT molecular complexity index is 1030. The molecule has 0 spiro atoms.